The first kappa shape index (κ1) is 22.8. The van der Waals surface area contributed by atoms with E-state index in [2.05, 4.69) is 27.7 Å². The van der Waals surface area contributed by atoms with Crippen LogP contribution in [0.2, 0.25) is 0 Å². The SMILES string of the molecule is CCCC[C@H](CC)COc1cc(CO)cc(OC[C@@H](CC)CCCC)c1. The molecule has 0 heterocycles. The van der Waals surface area contributed by atoms with E-state index in [1.54, 1.807) is 0 Å². The van der Waals surface area contributed by atoms with Gasteiger partial charge in [-0.05, 0) is 42.4 Å². The first-order valence-corrected chi connectivity index (χ1v) is 10.7. The van der Waals surface area contributed by atoms with Crippen LogP contribution in [0, 0.1) is 11.8 Å². The third-order valence-electron chi connectivity index (χ3n) is 5.18. The predicted molar refractivity (Wildman–Crippen MR) is 110 cm³/mol. The maximum atomic E-state index is 9.55. The molecule has 0 amide bonds. The summed E-state index contributed by atoms with van der Waals surface area (Å²) in [6, 6.07) is 5.82. The van der Waals surface area contributed by atoms with Crippen LogP contribution < -0.4 is 9.47 Å². The highest BCUT2D eigenvalue weighted by molar-refractivity contribution is 5.38. The zero-order chi connectivity index (χ0) is 19.2. The molecule has 0 saturated carbocycles. The van der Waals surface area contributed by atoms with Crippen molar-refractivity contribution in [3.05, 3.63) is 23.8 Å². The third kappa shape index (κ3) is 8.93. The Kier molecular flexibility index (Phi) is 12.2. The summed E-state index contributed by atoms with van der Waals surface area (Å²) in [5.41, 5.74) is 0.848. The Bertz CT molecular complexity index is 434. The largest absolute Gasteiger partial charge is 0.493 e. The molecular formula is C23H40O3. The number of ether oxygens (including phenoxy) is 2. The van der Waals surface area contributed by atoms with Crippen LogP contribution in [0.4, 0.5) is 0 Å². The number of hydrogen-bond donors (Lipinski definition) is 1. The smallest absolute Gasteiger partial charge is 0.123 e. The van der Waals surface area contributed by atoms with Crippen molar-refractivity contribution >= 4 is 0 Å². The highest BCUT2D eigenvalue weighted by atomic mass is 16.5. The molecule has 3 nitrogen and oxygen atoms in total. The molecule has 0 aliphatic heterocycles. The molecule has 0 fully saturated rings. The summed E-state index contributed by atoms with van der Waals surface area (Å²) in [5, 5.41) is 9.55. The molecule has 1 aromatic rings. The molecule has 1 aromatic carbocycles. The second-order valence-corrected chi connectivity index (χ2v) is 7.43. The zero-order valence-electron chi connectivity index (χ0n) is 17.4. The summed E-state index contributed by atoms with van der Waals surface area (Å²) in [6.07, 6.45) is 9.66. The van der Waals surface area contributed by atoms with Gasteiger partial charge in [0.15, 0.2) is 0 Å². The van der Waals surface area contributed by atoms with Crippen molar-refractivity contribution in [2.75, 3.05) is 13.2 Å². The van der Waals surface area contributed by atoms with Crippen molar-refractivity contribution in [1.82, 2.24) is 0 Å². The number of aliphatic hydroxyl groups excluding tert-OH is 1. The molecule has 0 bridgehead atoms. The fraction of sp³-hybridized carbons (Fsp3) is 0.739. The topological polar surface area (TPSA) is 38.7 Å². The van der Waals surface area contributed by atoms with E-state index in [0.29, 0.717) is 11.8 Å². The highest BCUT2D eigenvalue weighted by Crippen LogP contribution is 2.26. The Morgan fingerprint density at radius 2 is 1.23 bits per heavy atom. The van der Waals surface area contributed by atoms with Gasteiger partial charge in [-0.25, -0.2) is 0 Å². The molecule has 0 aliphatic carbocycles. The van der Waals surface area contributed by atoms with Crippen LogP contribution in [-0.4, -0.2) is 18.3 Å². The molecule has 26 heavy (non-hydrogen) atoms. The van der Waals surface area contributed by atoms with Crippen LogP contribution in [-0.2, 0) is 6.61 Å². The number of benzene rings is 1. The van der Waals surface area contributed by atoms with Crippen LogP contribution in [0.1, 0.15) is 84.6 Å². The average Bonchev–Trinajstić information content (AvgIpc) is 2.68. The summed E-state index contributed by atoms with van der Waals surface area (Å²) in [4.78, 5) is 0. The molecule has 150 valence electrons. The summed E-state index contributed by atoms with van der Waals surface area (Å²) in [7, 11) is 0. The molecule has 3 heteroatoms. The van der Waals surface area contributed by atoms with Gasteiger partial charge in [-0.2, -0.15) is 0 Å². The van der Waals surface area contributed by atoms with Gasteiger partial charge < -0.3 is 14.6 Å². The van der Waals surface area contributed by atoms with Gasteiger partial charge in [0.2, 0.25) is 0 Å². The molecule has 1 N–H and O–H groups in total. The van der Waals surface area contributed by atoms with Crippen molar-refractivity contribution < 1.29 is 14.6 Å². The van der Waals surface area contributed by atoms with E-state index < -0.39 is 0 Å². The molecular weight excluding hydrogens is 324 g/mol. The lowest BCUT2D eigenvalue weighted by Crippen LogP contribution is -2.13. The monoisotopic (exact) mass is 364 g/mol. The van der Waals surface area contributed by atoms with Crippen molar-refractivity contribution in [2.45, 2.75) is 85.7 Å². The first-order chi connectivity index (χ1) is 12.7. The molecule has 0 aliphatic rings. The van der Waals surface area contributed by atoms with Gasteiger partial charge in [-0.1, -0.05) is 66.2 Å². The molecule has 0 aromatic heterocycles. The van der Waals surface area contributed by atoms with E-state index in [1.807, 2.05) is 18.2 Å². The number of unbranched alkanes of at least 4 members (excludes halogenated alkanes) is 2. The van der Waals surface area contributed by atoms with Crippen molar-refractivity contribution in [1.29, 1.82) is 0 Å². The van der Waals surface area contributed by atoms with Gasteiger partial charge in [0, 0.05) is 6.07 Å². The Labute approximate surface area is 161 Å². The molecule has 1 rings (SSSR count). The molecule has 0 radical (unpaired) electrons. The molecule has 2 atom stereocenters. The van der Waals surface area contributed by atoms with E-state index in [-0.39, 0.29) is 6.61 Å². The Morgan fingerprint density at radius 1 is 0.769 bits per heavy atom. The maximum absolute atomic E-state index is 9.55. The Balaban J connectivity index is 2.65. The summed E-state index contributed by atoms with van der Waals surface area (Å²) in [5.74, 6) is 2.80. The molecule has 0 spiro atoms. The van der Waals surface area contributed by atoms with Gasteiger partial charge in [0.05, 0.1) is 19.8 Å². The van der Waals surface area contributed by atoms with Crippen LogP contribution in [0.5, 0.6) is 11.5 Å². The minimum Gasteiger partial charge on any atom is -0.493 e. The van der Waals surface area contributed by atoms with Crippen LogP contribution in [0.3, 0.4) is 0 Å². The minimum atomic E-state index is 0.00758. The second kappa shape index (κ2) is 13.9. The fourth-order valence-corrected chi connectivity index (χ4v) is 3.11. The van der Waals surface area contributed by atoms with Crippen molar-refractivity contribution in [3.63, 3.8) is 0 Å². The lowest BCUT2D eigenvalue weighted by atomic mass is 10.0. The second-order valence-electron chi connectivity index (χ2n) is 7.43. The summed E-state index contributed by atoms with van der Waals surface area (Å²) < 4.78 is 12.1. The van der Waals surface area contributed by atoms with E-state index in [9.17, 15) is 5.11 Å². The minimum absolute atomic E-state index is 0.00758. The van der Waals surface area contributed by atoms with E-state index in [0.717, 1.165) is 43.1 Å². The maximum Gasteiger partial charge on any atom is 0.123 e. The number of hydrogen-bond acceptors (Lipinski definition) is 3. The lowest BCUT2D eigenvalue weighted by molar-refractivity contribution is 0.221. The van der Waals surface area contributed by atoms with Crippen LogP contribution >= 0.6 is 0 Å². The number of aliphatic hydroxyl groups is 1. The third-order valence-corrected chi connectivity index (χ3v) is 5.18. The quantitative estimate of drug-likeness (QED) is 0.393. The zero-order valence-corrected chi connectivity index (χ0v) is 17.4. The Hall–Kier alpha value is -1.22. The van der Waals surface area contributed by atoms with Crippen LogP contribution in [0.15, 0.2) is 18.2 Å². The van der Waals surface area contributed by atoms with Gasteiger partial charge in [0.1, 0.15) is 11.5 Å². The summed E-state index contributed by atoms with van der Waals surface area (Å²) >= 11 is 0. The Morgan fingerprint density at radius 3 is 1.58 bits per heavy atom. The van der Waals surface area contributed by atoms with Gasteiger partial charge >= 0.3 is 0 Å². The van der Waals surface area contributed by atoms with Crippen molar-refractivity contribution in [2.24, 2.45) is 11.8 Å². The predicted octanol–water partition coefficient (Wildman–Crippen LogP) is 6.37. The number of rotatable bonds is 15. The van der Waals surface area contributed by atoms with E-state index in [1.165, 1.54) is 38.5 Å². The normalized spacial score (nSPS) is 13.4. The van der Waals surface area contributed by atoms with E-state index >= 15 is 0 Å². The molecule has 0 saturated heterocycles. The van der Waals surface area contributed by atoms with Gasteiger partial charge in [-0.3, -0.25) is 0 Å². The van der Waals surface area contributed by atoms with Crippen molar-refractivity contribution in [3.8, 4) is 11.5 Å². The average molecular weight is 365 g/mol. The van der Waals surface area contributed by atoms with Gasteiger partial charge in [-0.15, -0.1) is 0 Å². The summed E-state index contributed by atoms with van der Waals surface area (Å²) in [6.45, 7) is 10.4. The lowest BCUT2D eigenvalue weighted by Gasteiger charge is -2.18. The standard InChI is InChI=1S/C23H40O3/c1-5-9-11-19(7-3)17-25-22-13-21(16-24)14-23(15-22)26-18-20(8-4)12-10-6-2/h13-15,19-20,24H,5-12,16-18H2,1-4H3/t19-,20-/m0/s1. The molecule has 0 unspecified atom stereocenters. The fourth-order valence-electron chi connectivity index (χ4n) is 3.11. The van der Waals surface area contributed by atoms with E-state index in [4.69, 9.17) is 9.47 Å². The van der Waals surface area contributed by atoms with Crippen LogP contribution in [0.25, 0.3) is 0 Å². The van der Waals surface area contributed by atoms with Gasteiger partial charge in [0.25, 0.3) is 0 Å². The first-order valence-electron chi connectivity index (χ1n) is 10.7. The highest BCUT2D eigenvalue weighted by Gasteiger charge is 2.11.